The Morgan fingerprint density at radius 1 is 1.58 bits per heavy atom. The first kappa shape index (κ1) is 12.5. The van der Waals surface area contributed by atoms with Gasteiger partial charge in [-0.15, -0.1) is 0 Å². The van der Waals surface area contributed by atoms with Gasteiger partial charge in [0.05, 0.1) is 29.6 Å². The third-order valence-electron chi connectivity index (χ3n) is 4.13. The largest absolute Gasteiger partial charge is 0.395 e. The lowest BCUT2D eigenvalue weighted by Gasteiger charge is -2.20. The molecule has 3 rings (SSSR count). The summed E-state index contributed by atoms with van der Waals surface area (Å²) >= 11 is 0. The third kappa shape index (κ3) is 2.00. The van der Waals surface area contributed by atoms with Crippen molar-refractivity contribution in [2.24, 2.45) is 7.05 Å². The van der Waals surface area contributed by atoms with Gasteiger partial charge in [0.2, 0.25) is 0 Å². The zero-order valence-electron chi connectivity index (χ0n) is 11.3. The molecule has 0 aromatic carbocycles. The van der Waals surface area contributed by atoms with Crippen LogP contribution in [0.5, 0.6) is 0 Å². The number of rotatable bonds is 3. The molecule has 0 saturated carbocycles. The number of nitrogen functional groups attached to an aromatic ring is 1. The van der Waals surface area contributed by atoms with Gasteiger partial charge in [-0.25, -0.2) is 0 Å². The van der Waals surface area contributed by atoms with E-state index in [9.17, 15) is 4.79 Å². The maximum Gasteiger partial charge on any atom is 0.272 e. The Morgan fingerprint density at radius 2 is 2.37 bits per heavy atom. The van der Waals surface area contributed by atoms with Crippen molar-refractivity contribution in [2.45, 2.75) is 50.9 Å². The lowest BCUT2D eigenvalue weighted by molar-refractivity contribution is 0.0835. The number of aryl methyl sites for hydroxylation is 2. The Labute approximate surface area is 112 Å². The fourth-order valence-electron chi connectivity index (χ4n) is 3.15. The van der Waals surface area contributed by atoms with Crippen molar-refractivity contribution in [2.75, 3.05) is 5.73 Å². The summed E-state index contributed by atoms with van der Waals surface area (Å²) in [6.45, 7) is 1.98. The van der Waals surface area contributed by atoms with Crippen LogP contribution in [0, 0.1) is 0 Å². The first-order valence-corrected chi connectivity index (χ1v) is 6.87. The second kappa shape index (κ2) is 4.52. The molecule has 3 atom stereocenters. The minimum atomic E-state index is -0.145. The predicted molar refractivity (Wildman–Crippen MR) is 70.8 cm³/mol. The molecule has 2 aliphatic rings. The molecular formula is C13H20N4O2. The molecule has 0 spiro atoms. The van der Waals surface area contributed by atoms with Crippen LogP contribution < -0.4 is 11.1 Å². The van der Waals surface area contributed by atoms with Gasteiger partial charge in [0.15, 0.2) is 0 Å². The minimum absolute atomic E-state index is 0.116. The lowest BCUT2D eigenvalue weighted by atomic mass is 9.95. The molecule has 3 unspecified atom stereocenters. The number of nitrogens with zero attached hydrogens (tertiary/aromatic N) is 2. The second-order valence-electron chi connectivity index (χ2n) is 5.38. The van der Waals surface area contributed by atoms with E-state index in [4.69, 9.17) is 10.5 Å². The number of anilines is 1. The zero-order chi connectivity index (χ0) is 13.6. The maximum absolute atomic E-state index is 12.3. The first-order valence-electron chi connectivity index (χ1n) is 6.87. The molecule has 1 aromatic heterocycles. The van der Waals surface area contributed by atoms with Crippen molar-refractivity contribution in [1.82, 2.24) is 15.1 Å². The molecule has 1 aromatic rings. The third-order valence-corrected chi connectivity index (χ3v) is 4.13. The van der Waals surface area contributed by atoms with E-state index in [1.165, 1.54) is 0 Å². The van der Waals surface area contributed by atoms with E-state index < -0.39 is 0 Å². The number of carbonyl (C=O) groups is 1. The van der Waals surface area contributed by atoms with Crippen LogP contribution in [0.2, 0.25) is 0 Å². The second-order valence-corrected chi connectivity index (χ2v) is 5.38. The Bertz CT molecular complexity index is 511. The highest BCUT2D eigenvalue weighted by Crippen LogP contribution is 2.34. The Hall–Kier alpha value is -1.56. The smallest absolute Gasteiger partial charge is 0.272 e. The topological polar surface area (TPSA) is 82.2 Å². The number of nitrogens with two attached hydrogens (primary N) is 1. The number of carbonyl (C=O) groups excluding carboxylic acids is 1. The van der Waals surface area contributed by atoms with Crippen LogP contribution in [0.3, 0.4) is 0 Å². The molecule has 104 valence electrons. The maximum atomic E-state index is 12.3. The van der Waals surface area contributed by atoms with E-state index in [1.807, 2.05) is 6.92 Å². The summed E-state index contributed by atoms with van der Waals surface area (Å²) in [4.78, 5) is 12.3. The van der Waals surface area contributed by atoms with Gasteiger partial charge >= 0.3 is 0 Å². The summed E-state index contributed by atoms with van der Waals surface area (Å²) in [7, 11) is 1.75. The fourth-order valence-corrected chi connectivity index (χ4v) is 3.15. The quantitative estimate of drug-likeness (QED) is 0.838. The molecule has 0 aliphatic carbocycles. The van der Waals surface area contributed by atoms with Gasteiger partial charge in [-0.1, -0.05) is 6.92 Å². The van der Waals surface area contributed by atoms with Crippen LogP contribution in [0.25, 0.3) is 0 Å². The summed E-state index contributed by atoms with van der Waals surface area (Å²) in [6, 6.07) is 0.116. The van der Waals surface area contributed by atoms with Gasteiger partial charge in [0.1, 0.15) is 5.69 Å². The van der Waals surface area contributed by atoms with Gasteiger partial charge in [0, 0.05) is 7.05 Å². The van der Waals surface area contributed by atoms with Crippen molar-refractivity contribution < 1.29 is 9.53 Å². The Kier molecular flexibility index (Phi) is 2.97. The highest BCUT2D eigenvalue weighted by atomic mass is 16.5. The fraction of sp³-hybridized carbons (Fsp3) is 0.692. The number of hydrogen-bond acceptors (Lipinski definition) is 4. The van der Waals surface area contributed by atoms with Crippen molar-refractivity contribution in [3.8, 4) is 0 Å². The van der Waals surface area contributed by atoms with E-state index in [-0.39, 0.29) is 18.1 Å². The molecule has 2 aliphatic heterocycles. The monoisotopic (exact) mass is 264 g/mol. The van der Waals surface area contributed by atoms with Crippen molar-refractivity contribution in [3.63, 3.8) is 0 Å². The molecule has 0 radical (unpaired) electrons. The van der Waals surface area contributed by atoms with Crippen LogP contribution in [0.1, 0.15) is 42.4 Å². The van der Waals surface area contributed by atoms with E-state index in [1.54, 1.807) is 11.7 Å². The van der Waals surface area contributed by atoms with E-state index in [0.29, 0.717) is 17.5 Å². The average Bonchev–Trinajstić information content (AvgIpc) is 3.03. The van der Waals surface area contributed by atoms with Gasteiger partial charge in [-0.05, 0) is 25.7 Å². The molecule has 2 fully saturated rings. The molecule has 3 heterocycles. The molecule has 6 nitrogen and oxygen atoms in total. The SMILES string of the molecule is CCc1nn(C)c(C(=O)NC2CC3CCC2O3)c1N. The molecule has 2 bridgehead atoms. The highest BCUT2D eigenvalue weighted by Gasteiger charge is 2.41. The van der Waals surface area contributed by atoms with E-state index >= 15 is 0 Å². The van der Waals surface area contributed by atoms with Gasteiger partial charge < -0.3 is 15.8 Å². The standard InChI is InChI=1S/C13H20N4O2/c1-3-8-11(14)12(17(2)16-8)13(18)15-9-6-7-4-5-10(9)19-7/h7,9-10H,3-6,14H2,1-2H3,(H,15,18). The van der Waals surface area contributed by atoms with Crippen LogP contribution in [0.4, 0.5) is 5.69 Å². The summed E-state index contributed by atoms with van der Waals surface area (Å²) in [5, 5.41) is 7.31. The van der Waals surface area contributed by atoms with Crippen LogP contribution in [0.15, 0.2) is 0 Å². The van der Waals surface area contributed by atoms with Crippen LogP contribution in [-0.4, -0.2) is 33.9 Å². The number of aromatic nitrogens is 2. The number of amides is 1. The van der Waals surface area contributed by atoms with Crippen LogP contribution in [-0.2, 0) is 18.2 Å². The van der Waals surface area contributed by atoms with Gasteiger partial charge in [0.25, 0.3) is 5.91 Å². The number of fused-ring (bicyclic) bond motifs is 2. The first-order chi connectivity index (χ1) is 9.10. The van der Waals surface area contributed by atoms with Gasteiger partial charge in [-0.2, -0.15) is 5.10 Å². The normalized spacial score (nSPS) is 28.8. The van der Waals surface area contributed by atoms with Crippen molar-refractivity contribution in [3.05, 3.63) is 11.4 Å². The van der Waals surface area contributed by atoms with Crippen LogP contribution >= 0.6 is 0 Å². The molecule has 3 N–H and O–H groups in total. The number of nitrogens with one attached hydrogen (secondary N) is 1. The summed E-state index contributed by atoms with van der Waals surface area (Å²) in [5.41, 5.74) is 7.72. The molecular weight excluding hydrogens is 244 g/mol. The molecule has 2 saturated heterocycles. The average molecular weight is 264 g/mol. The van der Waals surface area contributed by atoms with E-state index in [2.05, 4.69) is 10.4 Å². The number of ether oxygens (including phenoxy) is 1. The lowest BCUT2D eigenvalue weighted by Crippen LogP contribution is -2.42. The van der Waals surface area contributed by atoms with Gasteiger partial charge in [-0.3, -0.25) is 9.48 Å². The Balaban J connectivity index is 1.75. The van der Waals surface area contributed by atoms with Crippen molar-refractivity contribution >= 4 is 11.6 Å². The van der Waals surface area contributed by atoms with Crippen molar-refractivity contribution in [1.29, 1.82) is 0 Å². The molecule has 1 amide bonds. The Morgan fingerprint density at radius 3 is 2.89 bits per heavy atom. The molecule has 6 heteroatoms. The molecule has 19 heavy (non-hydrogen) atoms. The highest BCUT2D eigenvalue weighted by molar-refractivity contribution is 5.98. The predicted octanol–water partition coefficient (Wildman–Crippen LogP) is 0.614. The number of hydrogen-bond donors (Lipinski definition) is 2. The summed E-state index contributed by atoms with van der Waals surface area (Å²) in [5.74, 6) is -0.145. The summed E-state index contributed by atoms with van der Waals surface area (Å²) in [6.07, 6.45) is 4.29. The summed E-state index contributed by atoms with van der Waals surface area (Å²) < 4.78 is 7.31. The minimum Gasteiger partial charge on any atom is -0.395 e. The zero-order valence-corrected chi connectivity index (χ0v) is 11.3. The van der Waals surface area contributed by atoms with E-state index in [0.717, 1.165) is 31.4 Å².